The lowest BCUT2D eigenvalue weighted by molar-refractivity contribution is 0.0921. The van der Waals surface area contributed by atoms with Crippen LogP contribution in [-0.4, -0.2) is 37.8 Å². The Bertz CT molecular complexity index is 1250. The Labute approximate surface area is 199 Å². The minimum atomic E-state index is -3.71. The standard InChI is InChI=1S/C25H25ClN2O4S/c1-18-23(26)13-6-14-24(18)33(30,31)28-15-7-9-20(17-28)27-25(29)19-8-5-12-22(16-19)32-21-10-3-2-4-11-21/h2-6,8,10-14,16,20H,7,9,15,17H2,1H3,(H,27,29). The van der Waals surface area contributed by atoms with Crippen molar-refractivity contribution in [1.82, 2.24) is 9.62 Å². The normalized spacial score (nSPS) is 16.8. The van der Waals surface area contributed by atoms with Crippen molar-refractivity contribution in [2.45, 2.75) is 30.7 Å². The molecule has 1 heterocycles. The van der Waals surface area contributed by atoms with Crippen LogP contribution < -0.4 is 10.1 Å². The highest BCUT2D eigenvalue weighted by Gasteiger charge is 2.32. The Morgan fingerprint density at radius 1 is 1.03 bits per heavy atom. The van der Waals surface area contributed by atoms with E-state index in [1.54, 1.807) is 49.4 Å². The van der Waals surface area contributed by atoms with Crippen LogP contribution in [0.4, 0.5) is 0 Å². The summed E-state index contributed by atoms with van der Waals surface area (Å²) >= 11 is 6.14. The number of hydrogen-bond donors (Lipinski definition) is 1. The monoisotopic (exact) mass is 484 g/mol. The molecule has 3 aromatic carbocycles. The van der Waals surface area contributed by atoms with Crippen LogP contribution in [0.5, 0.6) is 11.5 Å². The van der Waals surface area contributed by atoms with Gasteiger partial charge in [0.15, 0.2) is 0 Å². The van der Waals surface area contributed by atoms with E-state index in [1.807, 2.05) is 30.3 Å². The molecule has 0 spiro atoms. The van der Waals surface area contributed by atoms with Gasteiger partial charge in [-0.2, -0.15) is 4.31 Å². The summed E-state index contributed by atoms with van der Waals surface area (Å²) in [6.07, 6.45) is 1.35. The SMILES string of the molecule is Cc1c(Cl)cccc1S(=O)(=O)N1CCCC(NC(=O)c2cccc(Oc3ccccc3)c2)C1. The van der Waals surface area contributed by atoms with E-state index < -0.39 is 10.0 Å². The topological polar surface area (TPSA) is 75.7 Å². The van der Waals surface area contributed by atoms with E-state index in [-0.39, 0.29) is 23.4 Å². The van der Waals surface area contributed by atoms with Crippen molar-refractivity contribution < 1.29 is 17.9 Å². The van der Waals surface area contributed by atoms with Gasteiger partial charge in [-0.25, -0.2) is 8.42 Å². The fourth-order valence-electron chi connectivity index (χ4n) is 3.88. The van der Waals surface area contributed by atoms with Crippen molar-refractivity contribution in [2.75, 3.05) is 13.1 Å². The molecule has 1 amide bonds. The molecule has 8 heteroatoms. The lowest BCUT2D eigenvalue weighted by Gasteiger charge is -2.32. The van der Waals surface area contributed by atoms with Gasteiger partial charge in [0.1, 0.15) is 11.5 Å². The van der Waals surface area contributed by atoms with Crippen LogP contribution in [0.25, 0.3) is 0 Å². The Morgan fingerprint density at radius 3 is 2.55 bits per heavy atom. The van der Waals surface area contributed by atoms with Gasteiger partial charge >= 0.3 is 0 Å². The number of hydrogen-bond acceptors (Lipinski definition) is 4. The molecule has 0 aliphatic carbocycles. The minimum Gasteiger partial charge on any atom is -0.457 e. The lowest BCUT2D eigenvalue weighted by atomic mass is 10.1. The average Bonchev–Trinajstić information content (AvgIpc) is 2.82. The maximum absolute atomic E-state index is 13.2. The molecule has 1 aliphatic heterocycles. The van der Waals surface area contributed by atoms with Crippen LogP contribution in [0.3, 0.4) is 0 Å². The number of carbonyl (C=O) groups excluding carboxylic acids is 1. The maximum atomic E-state index is 13.2. The number of sulfonamides is 1. The van der Waals surface area contributed by atoms with Crippen LogP contribution in [0.2, 0.25) is 5.02 Å². The third kappa shape index (κ3) is 5.38. The first-order valence-electron chi connectivity index (χ1n) is 10.7. The third-order valence-electron chi connectivity index (χ3n) is 5.63. The van der Waals surface area contributed by atoms with Gasteiger partial charge in [-0.3, -0.25) is 4.79 Å². The van der Waals surface area contributed by atoms with E-state index in [2.05, 4.69) is 5.32 Å². The van der Waals surface area contributed by atoms with Crippen molar-refractivity contribution in [3.05, 3.63) is 88.9 Å². The second kappa shape index (κ2) is 9.95. The van der Waals surface area contributed by atoms with E-state index in [1.165, 1.54) is 4.31 Å². The summed E-state index contributed by atoms with van der Waals surface area (Å²) in [5.74, 6) is 0.967. The lowest BCUT2D eigenvalue weighted by Crippen LogP contribution is -2.49. The molecule has 33 heavy (non-hydrogen) atoms. The average molecular weight is 485 g/mol. The Hall–Kier alpha value is -2.87. The predicted octanol–water partition coefficient (Wildman–Crippen LogP) is 5.02. The van der Waals surface area contributed by atoms with Gasteiger partial charge in [0.2, 0.25) is 10.0 Å². The van der Waals surface area contributed by atoms with Crippen LogP contribution in [0.15, 0.2) is 77.7 Å². The predicted molar refractivity (Wildman–Crippen MR) is 128 cm³/mol. The number of benzene rings is 3. The summed E-state index contributed by atoms with van der Waals surface area (Å²) in [5, 5.41) is 3.39. The summed E-state index contributed by atoms with van der Waals surface area (Å²) in [4.78, 5) is 13.1. The quantitative estimate of drug-likeness (QED) is 0.532. The van der Waals surface area contributed by atoms with E-state index in [0.717, 1.165) is 0 Å². The molecule has 3 aromatic rings. The number of para-hydroxylation sites is 1. The Kier molecular flexibility index (Phi) is 7.02. The molecular formula is C25H25ClN2O4S. The molecule has 1 fully saturated rings. The third-order valence-corrected chi connectivity index (χ3v) is 8.05. The van der Waals surface area contributed by atoms with Gasteiger partial charge in [-0.05, 0) is 67.8 Å². The highest BCUT2D eigenvalue weighted by Crippen LogP contribution is 2.28. The van der Waals surface area contributed by atoms with Crippen molar-refractivity contribution in [1.29, 1.82) is 0 Å². The second-order valence-corrected chi connectivity index (χ2v) is 10.3. The zero-order chi connectivity index (χ0) is 23.4. The number of nitrogens with one attached hydrogen (secondary N) is 1. The molecule has 0 radical (unpaired) electrons. The first kappa shape index (κ1) is 23.3. The Morgan fingerprint density at radius 2 is 1.76 bits per heavy atom. The molecule has 1 saturated heterocycles. The van der Waals surface area contributed by atoms with Crippen LogP contribution in [0.1, 0.15) is 28.8 Å². The molecule has 1 unspecified atom stereocenters. The molecule has 172 valence electrons. The van der Waals surface area contributed by atoms with Gasteiger partial charge in [0.25, 0.3) is 5.91 Å². The van der Waals surface area contributed by atoms with Gasteiger partial charge in [0, 0.05) is 29.7 Å². The van der Waals surface area contributed by atoms with Crippen molar-refractivity contribution in [3.8, 4) is 11.5 Å². The number of nitrogens with zero attached hydrogens (tertiary/aromatic N) is 1. The summed E-state index contributed by atoms with van der Waals surface area (Å²) in [5.41, 5.74) is 0.981. The maximum Gasteiger partial charge on any atom is 0.251 e. The van der Waals surface area contributed by atoms with Crippen LogP contribution in [0, 0.1) is 6.92 Å². The zero-order valence-electron chi connectivity index (χ0n) is 18.2. The van der Waals surface area contributed by atoms with Crippen molar-refractivity contribution in [2.24, 2.45) is 0 Å². The highest BCUT2D eigenvalue weighted by atomic mass is 35.5. The fraction of sp³-hybridized carbons (Fsp3) is 0.240. The summed E-state index contributed by atoms with van der Waals surface area (Å²) in [6, 6.07) is 20.8. The van der Waals surface area contributed by atoms with E-state index in [0.29, 0.717) is 47.0 Å². The van der Waals surface area contributed by atoms with Gasteiger partial charge in [-0.1, -0.05) is 41.9 Å². The van der Waals surface area contributed by atoms with Crippen molar-refractivity contribution in [3.63, 3.8) is 0 Å². The number of ether oxygens (including phenoxy) is 1. The summed E-state index contributed by atoms with van der Waals surface area (Å²) in [7, 11) is -3.71. The molecule has 0 saturated carbocycles. The smallest absolute Gasteiger partial charge is 0.251 e. The van der Waals surface area contributed by atoms with E-state index >= 15 is 0 Å². The highest BCUT2D eigenvalue weighted by molar-refractivity contribution is 7.89. The minimum absolute atomic E-state index is 0.202. The number of carbonyl (C=O) groups is 1. The zero-order valence-corrected chi connectivity index (χ0v) is 19.8. The Balaban J connectivity index is 1.45. The number of piperidine rings is 1. The van der Waals surface area contributed by atoms with E-state index in [9.17, 15) is 13.2 Å². The molecule has 1 N–H and O–H groups in total. The van der Waals surface area contributed by atoms with Crippen molar-refractivity contribution >= 4 is 27.5 Å². The largest absolute Gasteiger partial charge is 0.457 e. The van der Waals surface area contributed by atoms with E-state index in [4.69, 9.17) is 16.3 Å². The first-order valence-corrected chi connectivity index (χ1v) is 12.6. The summed E-state index contributed by atoms with van der Waals surface area (Å²) in [6.45, 7) is 2.31. The molecule has 0 bridgehead atoms. The number of halogens is 1. The van der Waals surface area contributed by atoms with Gasteiger partial charge in [0.05, 0.1) is 4.90 Å². The molecule has 6 nitrogen and oxygen atoms in total. The molecule has 4 rings (SSSR count). The van der Waals surface area contributed by atoms with Crippen LogP contribution >= 0.6 is 11.6 Å². The molecular weight excluding hydrogens is 460 g/mol. The number of amides is 1. The molecule has 1 aliphatic rings. The van der Waals surface area contributed by atoms with Gasteiger partial charge < -0.3 is 10.1 Å². The van der Waals surface area contributed by atoms with Gasteiger partial charge in [-0.15, -0.1) is 0 Å². The fourth-order valence-corrected chi connectivity index (χ4v) is 5.88. The van der Waals surface area contributed by atoms with Crippen LogP contribution in [-0.2, 0) is 10.0 Å². The number of rotatable bonds is 6. The molecule has 0 aromatic heterocycles. The first-order chi connectivity index (χ1) is 15.8. The summed E-state index contributed by atoms with van der Waals surface area (Å²) < 4.78 is 33.7. The molecule has 1 atom stereocenters. The second-order valence-electron chi connectivity index (χ2n) is 7.98.